The SMILES string of the molecule is C=C1C(N)CC2[C@H](CO)C([C@@]3(C)CC[C@H](O)C[C@@H]3CNCc3ccco3)CC[C@]12C. The summed E-state index contributed by atoms with van der Waals surface area (Å²) in [5, 5.41) is 24.6. The molecule has 3 saturated carbocycles. The average Bonchev–Trinajstić information content (AvgIpc) is 3.32. The molecule has 1 heterocycles. The van der Waals surface area contributed by atoms with E-state index < -0.39 is 0 Å². The number of hydrogen-bond acceptors (Lipinski definition) is 5. The van der Waals surface area contributed by atoms with Crippen molar-refractivity contribution in [2.24, 2.45) is 40.2 Å². The molecule has 3 unspecified atom stereocenters. The third kappa shape index (κ3) is 3.68. The van der Waals surface area contributed by atoms with Crippen LogP contribution in [0.5, 0.6) is 0 Å². The molecule has 8 atom stereocenters. The maximum Gasteiger partial charge on any atom is 0.117 e. The van der Waals surface area contributed by atoms with Crippen LogP contribution in [0.4, 0.5) is 0 Å². The lowest BCUT2D eigenvalue weighted by atomic mass is 9.49. The molecule has 0 saturated heterocycles. The van der Waals surface area contributed by atoms with Crippen LogP contribution in [0.25, 0.3) is 0 Å². The third-order valence-corrected chi connectivity index (χ3v) is 9.35. The van der Waals surface area contributed by atoms with Crippen LogP contribution in [0.15, 0.2) is 35.0 Å². The van der Waals surface area contributed by atoms with Gasteiger partial charge in [-0.05, 0) is 91.7 Å². The largest absolute Gasteiger partial charge is 0.468 e. The predicted molar refractivity (Wildman–Crippen MR) is 118 cm³/mol. The van der Waals surface area contributed by atoms with E-state index in [9.17, 15) is 10.2 Å². The van der Waals surface area contributed by atoms with Crippen molar-refractivity contribution in [3.8, 4) is 0 Å². The fourth-order valence-corrected chi connectivity index (χ4v) is 7.34. The molecule has 0 radical (unpaired) electrons. The first kappa shape index (κ1) is 22.1. The first-order valence-corrected chi connectivity index (χ1v) is 11.8. The van der Waals surface area contributed by atoms with Crippen molar-refractivity contribution in [1.82, 2.24) is 5.32 Å². The van der Waals surface area contributed by atoms with E-state index in [4.69, 9.17) is 10.2 Å². The Morgan fingerprint density at radius 3 is 2.73 bits per heavy atom. The number of nitrogens with one attached hydrogen (secondary N) is 1. The summed E-state index contributed by atoms with van der Waals surface area (Å²) < 4.78 is 5.46. The van der Waals surface area contributed by atoms with Crippen molar-refractivity contribution in [2.45, 2.75) is 71.1 Å². The summed E-state index contributed by atoms with van der Waals surface area (Å²) in [6, 6.07) is 3.96. The van der Waals surface area contributed by atoms with E-state index in [1.807, 2.05) is 12.1 Å². The van der Waals surface area contributed by atoms with Crippen LogP contribution in [-0.4, -0.2) is 35.5 Å². The minimum atomic E-state index is -0.227. The van der Waals surface area contributed by atoms with Gasteiger partial charge in [0.2, 0.25) is 0 Å². The summed E-state index contributed by atoms with van der Waals surface area (Å²) in [6.07, 6.45) is 7.32. The second-order valence-electron chi connectivity index (χ2n) is 10.7. The summed E-state index contributed by atoms with van der Waals surface area (Å²) in [7, 11) is 0. The molecule has 0 amide bonds. The molecule has 4 rings (SSSR count). The molecule has 3 aliphatic carbocycles. The molecule has 1 aromatic rings. The fraction of sp³-hybridized carbons (Fsp3) is 0.760. The number of aliphatic hydroxyl groups excluding tert-OH is 2. The maximum absolute atomic E-state index is 10.5. The molecule has 0 bridgehead atoms. The van der Waals surface area contributed by atoms with Crippen LogP contribution in [0.2, 0.25) is 0 Å². The standard InChI is InChI=1S/C25H40N2O3/c1-16-23(26)12-22-20(15-28)21(7-9-24(16,22)2)25(3)8-6-18(29)11-17(25)13-27-14-19-5-4-10-30-19/h4-5,10,17-18,20-23,27-29H,1,6-9,11-15,26H2,2-3H3/t17-,18+,20-,21?,22?,23?,24-,25+/m1/s1. The molecule has 3 aliphatic rings. The fourth-order valence-electron chi connectivity index (χ4n) is 7.34. The van der Waals surface area contributed by atoms with E-state index in [1.54, 1.807) is 6.26 Å². The highest BCUT2D eigenvalue weighted by Gasteiger charge is 2.58. The molecule has 3 fully saturated rings. The van der Waals surface area contributed by atoms with E-state index in [0.717, 1.165) is 50.8 Å². The lowest BCUT2D eigenvalue weighted by molar-refractivity contribution is -0.0931. The van der Waals surface area contributed by atoms with Crippen molar-refractivity contribution in [3.63, 3.8) is 0 Å². The normalized spacial score (nSPS) is 44.2. The van der Waals surface area contributed by atoms with Crippen LogP contribution in [-0.2, 0) is 6.54 Å². The van der Waals surface area contributed by atoms with Crippen LogP contribution in [0, 0.1) is 34.5 Å². The molecule has 1 aromatic heterocycles. The first-order valence-electron chi connectivity index (χ1n) is 11.8. The van der Waals surface area contributed by atoms with Gasteiger partial charge < -0.3 is 25.7 Å². The number of furan rings is 1. The summed E-state index contributed by atoms with van der Waals surface area (Å²) in [6.45, 7) is 10.9. The Labute approximate surface area is 181 Å². The van der Waals surface area contributed by atoms with E-state index in [2.05, 4.69) is 25.7 Å². The quantitative estimate of drug-likeness (QED) is 0.533. The monoisotopic (exact) mass is 416 g/mol. The van der Waals surface area contributed by atoms with Gasteiger partial charge in [-0.1, -0.05) is 26.0 Å². The molecule has 0 aliphatic heterocycles. The highest BCUT2D eigenvalue weighted by molar-refractivity contribution is 5.26. The number of rotatable bonds is 6. The zero-order chi connectivity index (χ0) is 21.5. The van der Waals surface area contributed by atoms with Gasteiger partial charge in [-0.2, -0.15) is 0 Å². The van der Waals surface area contributed by atoms with E-state index >= 15 is 0 Å². The van der Waals surface area contributed by atoms with Gasteiger partial charge in [0, 0.05) is 12.6 Å². The Morgan fingerprint density at radius 1 is 1.23 bits per heavy atom. The minimum Gasteiger partial charge on any atom is -0.468 e. The van der Waals surface area contributed by atoms with Crippen molar-refractivity contribution >= 4 is 0 Å². The van der Waals surface area contributed by atoms with Gasteiger partial charge >= 0.3 is 0 Å². The van der Waals surface area contributed by atoms with Gasteiger partial charge in [-0.3, -0.25) is 0 Å². The van der Waals surface area contributed by atoms with Crippen molar-refractivity contribution < 1.29 is 14.6 Å². The summed E-state index contributed by atoms with van der Waals surface area (Å²) >= 11 is 0. The van der Waals surface area contributed by atoms with Gasteiger partial charge in [0.1, 0.15) is 5.76 Å². The van der Waals surface area contributed by atoms with Gasteiger partial charge in [0.05, 0.1) is 18.9 Å². The maximum atomic E-state index is 10.5. The zero-order valence-corrected chi connectivity index (χ0v) is 18.6. The molecule has 5 N–H and O–H groups in total. The highest BCUT2D eigenvalue weighted by Crippen LogP contribution is 2.63. The highest BCUT2D eigenvalue weighted by atomic mass is 16.3. The topological polar surface area (TPSA) is 91.7 Å². The van der Waals surface area contributed by atoms with Crippen LogP contribution < -0.4 is 11.1 Å². The Balaban J connectivity index is 1.53. The third-order valence-electron chi connectivity index (χ3n) is 9.35. The Morgan fingerprint density at radius 2 is 2.03 bits per heavy atom. The number of aliphatic hydroxyl groups is 2. The van der Waals surface area contributed by atoms with E-state index in [-0.39, 0.29) is 35.5 Å². The van der Waals surface area contributed by atoms with Gasteiger partial charge in [-0.15, -0.1) is 0 Å². The Bertz CT molecular complexity index is 735. The van der Waals surface area contributed by atoms with Crippen molar-refractivity contribution in [3.05, 3.63) is 36.3 Å². The second-order valence-corrected chi connectivity index (χ2v) is 10.7. The summed E-state index contributed by atoms with van der Waals surface area (Å²) in [4.78, 5) is 0. The van der Waals surface area contributed by atoms with Crippen LogP contribution in [0.1, 0.15) is 58.1 Å². The van der Waals surface area contributed by atoms with E-state index in [1.165, 1.54) is 5.57 Å². The molecule has 30 heavy (non-hydrogen) atoms. The Hall–Kier alpha value is -1.14. The molecular formula is C25H40N2O3. The smallest absolute Gasteiger partial charge is 0.117 e. The molecule has 5 nitrogen and oxygen atoms in total. The Kier molecular flexibility index (Phi) is 6.19. The molecule has 5 heteroatoms. The van der Waals surface area contributed by atoms with Crippen LogP contribution >= 0.6 is 0 Å². The molecule has 0 aromatic carbocycles. The first-order chi connectivity index (χ1) is 14.3. The van der Waals surface area contributed by atoms with Gasteiger partial charge in [-0.25, -0.2) is 0 Å². The van der Waals surface area contributed by atoms with Gasteiger partial charge in [0.15, 0.2) is 0 Å². The number of nitrogens with two attached hydrogens (primary N) is 1. The molecule has 168 valence electrons. The summed E-state index contributed by atoms with van der Waals surface area (Å²) in [5.74, 6) is 2.42. The average molecular weight is 417 g/mol. The lowest BCUT2D eigenvalue weighted by Gasteiger charge is -2.56. The lowest BCUT2D eigenvalue weighted by Crippen LogP contribution is -2.53. The van der Waals surface area contributed by atoms with E-state index in [0.29, 0.717) is 24.3 Å². The summed E-state index contributed by atoms with van der Waals surface area (Å²) in [5.41, 5.74) is 7.76. The van der Waals surface area contributed by atoms with Crippen molar-refractivity contribution in [1.29, 1.82) is 0 Å². The molecule has 0 spiro atoms. The van der Waals surface area contributed by atoms with Crippen LogP contribution in [0.3, 0.4) is 0 Å². The molecular weight excluding hydrogens is 376 g/mol. The number of fused-ring (bicyclic) bond motifs is 1. The van der Waals surface area contributed by atoms with Gasteiger partial charge in [0.25, 0.3) is 0 Å². The van der Waals surface area contributed by atoms with Crippen molar-refractivity contribution in [2.75, 3.05) is 13.2 Å². The minimum absolute atomic E-state index is 0.0551. The second kappa shape index (κ2) is 8.42. The number of hydrogen-bond donors (Lipinski definition) is 4. The predicted octanol–water partition coefficient (Wildman–Crippen LogP) is 3.46. The zero-order valence-electron chi connectivity index (χ0n) is 18.6.